The number of rotatable bonds is 5. The SMILES string of the molecule is COC(=O)c1sccc1NC(=O)CSc1ccc(C(F)(F)F)cn1. The number of hydrogen-bond donors (Lipinski definition) is 1. The van der Waals surface area contributed by atoms with Gasteiger partial charge in [-0.2, -0.15) is 13.2 Å². The van der Waals surface area contributed by atoms with Crippen LogP contribution >= 0.6 is 23.1 Å². The van der Waals surface area contributed by atoms with Gasteiger partial charge < -0.3 is 10.1 Å². The highest BCUT2D eigenvalue weighted by atomic mass is 32.2. The van der Waals surface area contributed by atoms with Gasteiger partial charge in [-0.3, -0.25) is 4.79 Å². The molecule has 2 aromatic heterocycles. The van der Waals surface area contributed by atoms with E-state index in [-0.39, 0.29) is 15.7 Å². The largest absolute Gasteiger partial charge is 0.465 e. The number of methoxy groups -OCH3 is 1. The number of nitrogens with zero attached hydrogens (tertiary/aromatic N) is 1. The summed E-state index contributed by atoms with van der Waals surface area (Å²) >= 11 is 2.11. The van der Waals surface area contributed by atoms with Crippen molar-refractivity contribution in [3.05, 3.63) is 40.2 Å². The fourth-order valence-electron chi connectivity index (χ4n) is 1.62. The lowest BCUT2D eigenvalue weighted by Crippen LogP contribution is -2.16. The lowest BCUT2D eigenvalue weighted by molar-refractivity contribution is -0.137. The van der Waals surface area contributed by atoms with Gasteiger partial charge in [-0.25, -0.2) is 9.78 Å². The molecule has 0 saturated carbocycles. The third-order valence-electron chi connectivity index (χ3n) is 2.72. The molecule has 0 aliphatic rings. The van der Waals surface area contributed by atoms with Gasteiger partial charge in [0.25, 0.3) is 0 Å². The number of alkyl halides is 3. The van der Waals surface area contributed by atoms with E-state index in [4.69, 9.17) is 0 Å². The maximum atomic E-state index is 12.4. The number of aromatic nitrogens is 1. The van der Waals surface area contributed by atoms with E-state index in [9.17, 15) is 22.8 Å². The Morgan fingerprint density at radius 1 is 1.33 bits per heavy atom. The zero-order valence-electron chi connectivity index (χ0n) is 12.2. The molecule has 0 atom stereocenters. The Balaban J connectivity index is 1.92. The van der Waals surface area contributed by atoms with Crippen molar-refractivity contribution in [1.29, 1.82) is 0 Å². The number of carbonyl (C=O) groups is 2. The number of carbonyl (C=O) groups excluding carboxylic acids is 2. The highest BCUT2D eigenvalue weighted by molar-refractivity contribution is 7.99. The fraction of sp³-hybridized carbons (Fsp3) is 0.214. The second-order valence-corrected chi connectivity index (χ2v) is 6.29. The standard InChI is InChI=1S/C14H11F3N2O3S2/c1-22-13(21)12-9(4-5-23-12)19-10(20)7-24-11-3-2-8(6-18-11)14(15,16)17/h2-6H,7H2,1H3,(H,19,20). The minimum atomic E-state index is -4.45. The summed E-state index contributed by atoms with van der Waals surface area (Å²) in [5, 5.41) is 4.47. The number of pyridine rings is 1. The molecule has 0 bridgehead atoms. The summed E-state index contributed by atoms with van der Waals surface area (Å²) in [7, 11) is 1.24. The van der Waals surface area contributed by atoms with Gasteiger partial charge >= 0.3 is 12.1 Å². The number of nitrogens with one attached hydrogen (secondary N) is 1. The fourth-order valence-corrected chi connectivity index (χ4v) is 3.03. The van der Waals surface area contributed by atoms with Gasteiger partial charge in [0.15, 0.2) is 0 Å². The van der Waals surface area contributed by atoms with Crippen molar-refractivity contribution in [2.45, 2.75) is 11.2 Å². The summed E-state index contributed by atoms with van der Waals surface area (Å²) in [5.41, 5.74) is -0.518. The van der Waals surface area contributed by atoms with Gasteiger partial charge in [-0.05, 0) is 23.6 Å². The lowest BCUT2D eigenvalue weighted by atomic mass is 10.3. The third kappa shape index (κ3) is 4.71. The van der Waals surface area contributed by atoms with Crippen molar-refractivity contribution in [3.63, 3.8) is 0 Å². The summed E-state index contributed by atoms with van der Waals surface area (Å²) in [6, 6.07) is 3.67. The Morgan fingerprint density at radius 2 is 2.08 bits per heavy atom. The number of halogens is 3. The highest BCUT2D eigenvalue weighted by Crippen LogP contribution is 2.29. The number of thioether (sulfide) groups is 1. The third-order valence-corrected chi connectivity index (χ3v) is 4.56. The van der Waals surface area contributed by atoms with E-state index in [1.54, 1.807) is 11.4 Å². The minimum absolute atomic E-state index is 0.0607. The molecule has 1 N–H and O–H groups in total. The Labute approximate surface area is 143 Å². The minimum Gasteiger partial charge on any atom is -0.465 e. The van der Waals surface area contributed by atoms with Crippen LogP contribution in [0.3, 0.4) is 0 Å². The van der Waals surface area contributed by atoms with Crippen LogP contribution in [0, 0.1) is 0 Å². The van der Waals surface area contributed by atoms with Gasteiger partial charge in [-0.15, -0.1) is 11.3 Å². The molecular formula is C14H11F3N2O3S2. The molecule has 2 heterocycles. The summed E-state index contributed by atoms with van der Waals surface area (Å²) in [5.74, 6) is -1.03. The quantitative estimate of drug-likeness (QED) is 0.637. The van der Waals surface area contributed by atoms with E-state index in [2.05, 4.69) is 15.0 Å². The molecule has 1 amide bonds. The zero-order chi connectivity index (χ0) is 17.7. The lowest BCUT2D eigenvalue weighted by Gasteiger charge is -2.07. The van der Waals surface area contributed by atoms with Crippen LogP contribution < -0.4 is 5.32 Å². The van der Waals surface area contributed by atoms with E-state index >= 15 is 0 Å². The number of hydrogen-bond acceptors (Lipinski definition) is 6. The summed E-state index contributed by atoms with van der Waals surface area (Å²) in [4.78, 5) is 27.3. The summed E-state index contributed by atoms with van der Waals surface area (Å²) in [6.07, 6.45) is -3.73. The molecule has 0 unspecified atom stereocenters. The molecule has 5 nitrogen and oxygen atoms in total. The first-order valence-electron chi connectivity index (χ1n) is 6.43. The van der Waals surface area contributed by atoms with E-state index < -0.39 is 23.6 Å². The molecule has 0 aromatic carbocycles. The van der Waals surface area contributed by atoms with E-state index in [1.807, 2.05) is 0 Å². The van der Waals surface area contributed by atoms with E-state index in [1.165, 1.54) is 13.2 Å². The van der Waals surface area contributed by atoms with Gasteiger partial charge in [0.05, 0.1) is 29.1 Å². The van der Waals surface area contributed by atoms with Gasteiger partial charge in [0.2, 0.25) is 5.91 Å². The average molecular weight is 376 g/mol. The molecule has 0 aliphatic heterocycles. The van der Waals surface area contributed by atoms with Crippen LogP contribution in [0.4, 0.5) is 18.9 Å². The maximum Gasteiger partial charge on any atom is 0.417 e. The van der Waals surface area contributed by atoms with Gasteiger partial charge in [-0.1, -0.05) is 11.8 Å². The average Bonchev–Trinajstić information content (AvgIpc) is 3.00. The number of esters is 1. The number of thiophene rings is 1. The number of amides is 1. The Hall–Kier alpha value is -2.07. The molecule has 2 aromatic rings. The second kappa shape index (κ2) is 7.67. The van der Waals surface area contributed by atoms with Gasteiger partial charge in [0, 0.05) is 6.20 Å². The normalized spacial score (nSPS) is 11.2. The summed E-state index contributed by atoms with van der Waals surface area (Å²) in [6.45, 7) is 0. The predicted octanol–water partition coefficient (Wildman–Crippen LogP) is 3.68. The Bertz CT molecular complexity index is 730. The first kappa shape index (κ1) is 18.3. The zero-order valence-corrected chi connectivity index (χ0v) is 13.8. The highest BCUT2D eigenvalue weighted by Gasteiger charge is 2.30. The number of ether oxygens (including phenoxy) is 1. The molecule has 0 fully saturated rings. The van der Waals surface area contributed by atoms with Crippen molar-refractivity contribution in [3.8, 4) is 0 Å². The van der Waals surface area contributed by atoms with Crippen molar-refractivity contribution in [2.75, 3.05) is 18.2 Å². The Morgan fingerprint density at radius 3 is 2.67 bits per heavy atom. The molecule has 128 valence electrons. The van der Waals surface area contributed by atoms with Crippen molar-refractivity contribution < 1.29 is 27.5 Å². The first-order valence-corrected chi connectivity index (χ1v) is 8.29. The molecular weight excluding hydrogens is 365 g/mol. The topological polar surface area (TPSA) is 68.3 Å². The molecule has 10 heteroatoms. The molecule has 0 saturated heterocycles. The van der Waals surface area contributed by atoms with Crippen molar-refractivity contribution >= 4 is 40.7 Å². The van der Waals surface area contributed by atoms with Gasteiger partial charge in [0.1, 0.15) is 4.88 Å². The van der Waals surface area contributed by atoms with Crippen molar-refractivity contribution in [2.24, 2.45) is 0 Å². The second-order valence-electron chi connectivity index (χ2n) is 4.37. The maximum absolute atomic E-state index is 12.4. The van der Waals surface area contributed by atoms with Crippen LogP contribution in [-0.4, -0.2) is 29.7 Å². The van der Waals surface area contributed by atoms with Crippen LogP contribution in [0.25, 0.3) is 0 Å². The van der Waals surface area contributed by atoms with Crippen LogP contribution in [-0.2, 0) is 15.7 Å². The van der Waals surface area contributed by atoms with Crippen LogP contribution in [0.15, 0.2) is 34.8 Å². The molecule has 2 rings (SSSR count). The smallest absolute Gasteiger partial charge is 0.417 e. The molecule has 0 aliphatic carbocycles. The van der Waals surface area contributed by atoms with E-state index in [0.717, 1.165) is 29.2 Å². The van der Waals surface area contributed by atoms with Crippen LogP contribution in [0.2, 0.25) is 0 Å². The van der Waals surface area contributed by atoms with Crippen LogP contribution in [0.5, 0.6) is 0 Å². The Kier molecular flexibility index (Phi) is 5.84. The number of anilines is 1. The predicted molar refractivity (Wildman–Crippen MR) is 84.3 cm³/mol. The van der Waals surface area contributed by atoms with Crippen LogP contribution in [0.1, 0.15) is 15.2 Å². The van der Waals surface area contributed by atoms with E-state index in [0.29, 0.717) is 11.9 Å². The summed E-state index contributed by atoms with van der Waals surface area (Å²) < 4.78 is 41.9. The van der Waals surface area contributed by atoms with Crippen molar-refractivity contribution in [1.82, 2.24) is 4.98 Å². The molecule has 0 radical (unpaired) electrons. The molecule has 0 spiro atoms. The first-order chi connectivity index (χ1) is 11.3. The monoisotopic (exact) mass is 376 g/mol. The molecule has 24 heavy (non-hydrogen) atoms.